The van der Waals surface area contributed by atoms with Crippen LogP contribution in [0, 0.1) is 0 Å². The van der Waals surface area contributed by atoms with Crippen molar-refractivity contribution < 1.29 is 14.3 Å². The van der Waals surface area contributed by atoms with Crippen LogP contribution in [0.5, 0.6) is 0 Å². The van der Waals surface area contributed by atoms with Gasteiger partial charge in [-0.2, -0.15) is 0 Å². The van der Waals surface area contributed by atoms with E-state index in [0.717, 1.165) is 32.4 Å². The Kier molecular flexibility index (Phi) is 3.61. The molecule has 17 heavy (non-hydrogen) atoms. The van der Waals surface area contributed by atoms with Crippen molar-refractivity contribution in [1.29, 1.82) is 0 Å². The number of hydrogen-bond acceptors (Lipinski definition) is 3. The number of hydrogen-bond donors (Lipinski definition) is 0. The number of carbonyl (C=O) groups is 1. The van der Waals surface area contributed by atoms with Gasteiger partial charge in [0.1, 0.15) is 5.60 Å². The Morgan fingerprint density at radius 3 is 2.71 bits per heavy atom. The molecule has 4 heteroatoms. The Hall–Kier alpha value is -0.770. The second-order valence-electron chi connectivity index (χ2n) is 6.01. The lowest BCUT2D eigenvalue weighted by Gasteiger charge is -2.36. The molecular formula is C13H23NO3. The summed E-state index contributed by atoms with van der Waals surface area (Å²) in [6.07, 6.45) is 4.56. The van der Waals surface area contributed by atoms with Crippen molar-refractivity contribution in [2.24, 2.45) is 0 Å². The first-order valence-electron chi connectivity index (χ1n) is 6.57. The lowest BCUT2D eigenvalue weighted by atomic mass is 9.98. The number of piperidine rings is 1. The van der Waals surface area contributed by atoms with Gasteiger partial charge in [0.25, 0.3) is 0 Å². The summed E-state index contributed by atoms with van der Waals surface area (Å²) < 4.78 is 10.7. The molecule has 0 spiro atoms. The zero-order valence-corrected chi connectivity index (χ0v) is 11.1. The van der Waals surface area contributed by atoms with Crippen molar-refractivity contribution in [3.05, 3.63) is 0 Å². The van der Waals surface area contributed by atoms with E-state index in [9.17, 15) is 4.79 Å². The molecule has 2 unspecified atom stereocenters. The van der Waals surface area contributed by atoms with Crippen molar-refractivity contribution in [2.45, 2.75) is 64.2 Å². The largest absolute Gasteiger partial charge is 0.444 e. The van der Waals surface area contributed by atoms with E-state index in [0.29, 0.717) is 12.1 Å². The van der Waals surface area contributed by atoms with Gasteiger partial charge in [-0.05, 0) is 46.5 Å². The number of rotatable bonds is 2. The van der Waals surface area contributed by atoms with Crippen LogP contribution in [0.4, 0.5) is 4.79 Å². The highest BCUT2D eigenvalue weighted by Gasteiger charge is 2.35. The van der Waals surface area contributed by atoms with Crippen molar-refractivity contribution in [3.8, 4) is 0 Å². The third kappa shape index (κ3) is 3.87. The van der Waals surface area contributed by atoms with E-state index in [1.807, 2.05) is 25.7 Å². The van der Waals surface area contributed by atoms with E-state index in [-0.39, 0.29) is 6.09 Å². The monoisotopic (exact) mass is 241 g/mol. The molecule has 4 nitrogen and oxygen atoms in total. The zero-order chi connectivity index (χ0) is 12.5. The van der Waals surface area contributed by atoms with Crippen LogP contribution in [0.25, 0.3) is 0 Å². The van der Waals surface area contributed by atoms with E-state index in [1.165, 1.54) is 6.42 Å². The molecule has 98 valence electrons. The summed E-state index contributed by atoms with van der Waals surface area (Å²) in [4.78, 5) is 14.0. The maximum Gasteiger partial charge on any atom is 0.410 e. The highest BCUT2D eigenvalue weighted by Crippen LogP contribution is 2.27. The lowest BCUT2D eigenvalue weighted by molar-refractivity contribution is 0.00809. The summed E-state index contributed by atoms with van der Waals surface area (Å²) in [6.45, 7) is 7.42. The fraction of sp³-hybridized carbons (Fsp3) is 0.923. The van der Waals surface area contributed by atoms with Crippen LogP contribution in [0.2, 0.25) is 0 Å². The van der Waals surface area contributed by atoms with Gasteiger partial charge in [0, 0.05) is 12.6 Å². The average molecular weight is 241 g/mol. The van der Waals surface area contributed by atoms with Gasteiger partial charge in [0.2, 0.25) is 0 Å². The Balaban J connectivity index is 1.92. The molecule has 2 fully saturated rings. The molecule has 0 aromatic rings. The van der Waals surface area contributed by atoms with Crippen LogP contribution in [-0.2, 0) is 9.47 Å². The standard InChI is InChI=1S/C13H23NO3/c1-13(2,3)17-12(15)14-7-5-4-6-10(14)8-11-9-16-11/h10-11H,4-9H2,1-3H3. The molecule has 0 aromatic heterocycles. The van der Waals surface area contributed by atoms with Crippen molar-refractivity contribution in [1.82, 2.24) is 4.90 Å². The predicted octanol–water partition coefficient (Wildman–Crippen LogP) is 2.56. The predicted molar refractivity (Wildman–Crippen MR) is 64.9 cm³/mol. The Morgan fingerprint density at radius 1 is 1.41 bits per heavy atom. The van der Waals surface area contributed by atoms with Crippen molar-refractivity contribution >= 4 is 6.09 Å². The second kappa shape index (κ2) is 4.84. The SMILES string of the molecule is CC(C)(C)OC(=O)N1CCCCC1CC1CO1. The maximum absolute atomic E-state index is 12.1. The summed E-state index contributed by atoms with van der Waals surface area (Å²) in [5, 5.41) is 0. The highest BCUT2D eigenvalue weighted by atomic mass is 16.6. The number of amides is 1. The van der Waals surface area contributed by atoms with Crippen molar-refractivity contribution in [3.63, 3.8) is 0 Å². The first kappa shape index (κ1) is 12.7. The molecule has 0 aliphatic carbocycles. The molecule has 1 amide bonds. The molecule has 0 saturated carbocycles. The Labute approximate surface area is 103 Å². The third-order valence-corrected chi connectivity index (χ3v) is 3.19. The van der Waals surface area contributed by atoms with Gasteiger partial charge in [-0.1, -0.05) is 0 Å². The summed E-state index contributed by atoms with van der Waals surface area (Å²) >= 11 is 0. The van der Waals surface area contributed by atoms with E-state index >= 15 is 0 Å². The number of carbonyl (C=O) groups excluding carboxylic acids is 1. The molecule has 2 aliphatic rings. The van der Waals surface area contributed by atoms with E-state index in [4.69, 9.17) is 9.47 Å². The van der Waals surface area contributed by atoms with Crippen molar-refractivity contribution in [2.75, 3.05) is 13.2 Å². The minimum atomic E-state index is -0.408. The van der Waals surface area contributed by atoms with Gasteiger partial charge < -0.3 is 14.4 Å². The molecule has 0 radical (unpaired) electrons. The first-order valence-corrected chi connectivity index (χ1v) is 6.57. The minimum absolute atomic E-state index is 0.164. The van der Waals surface area contributed by atoms with Gasteiger partial charge in [-0.25, -0.2) is 4.79 Å². The highest BCUT2D eigenvalue weighted by molar-refractivity contribution is 5.68. The first-order chi connectivity index (χ1) is 7.96. The number of likely N-dealkylation sites (tertiary alicyclic amines) is 1. The van der Waals surface area contributed by atoms with Gasteiger partial charge in [-0.15, -0.1) is 0 Å². The van der Waals surface area contributed by atoms with Crippen LogP contribution in [-0.4, -0.2) is 41.9 Å². The normalized spacial score (nSPS) is 29.0. The second-order valence-corrected chi connectivity index (χ2v) is 6.01. The van der Waals surface area contributed by atoms with Crippen LogP contribution in [0.1, 0.15) is 46.5 Å². The van der Waals surface area contributed by atoms with Gasteiger partial charge >= 0.3 is 6.09 Å². The molecule has 0 bridgehead atoms. The molecule has 2 atom stereocenters. The molecular weight excluding hydrogens is 218 g/mol. The number of nitrogens with zero attached hydrogens (tertiary/aromatic N) is 1. The molecule has 2 aliphatic heterocycles. The summed E-state index contributed by atoms with van der Waals surface area (Å²) in [5.41, 5.74) is -0.408. The Bertz CT molecular complexity index is 281. The van der Waals surface area contributed by atoms with Crippen LogP contribution in [0.15, 0.2) is 0 Å². The topological polar surface area (TPSA) is 42.1 Å². The summed E-state index contributed by atoms with van der Waals surface area (Å²) in [6, 6.07) is 0.311. The van der Waals surface area contributed by atoms with E-state index in [2.05, 4.69) is 0 Å². The fourth-order valence-corrected chi connectivity index (χ4v) is 2.31. The average Bonchev–Trinajstić information content (AvgIpc) is 3.00. The van der Waals surface area contributed by atoms with Gasteiger partial charge in [0.05, 0.1) is 12.7 Å². The zero-order valence-electron chi connectivity index (χ0n) is 11.1. The summed E-state index contributed by atoms with van der Waals surface area (Å²) in [5.74, 6) is 0. The minimum Gasteiger partial charge on any atom is -0.444 e. The molecule has 2 rings (SSSR count). The maximum atomic E-state index is 12.1. The number of ether oxygens (including phenoxy) is 2. The molecule has 0 aromatic carbocycles. The quantitative estimate of drug-likeness (QED) is 0.698. The lowest BCUT2D eigenvalue weighted by Crippen LogP contribution is -2.46. The smallest absolute Gasteiger partial charge is 0.410 e. The molecule has 2 heterocycles. The van der Waals surface area contributed by atoms with Crippen LogP contribution < -0.4 is 0 Å². The number of epoxide rings is 1. The Morgan fingerprint density at radius 2 is 2.12 bits per heavy atom. The van der Waals surface area contributed by atoms with Crippen LogP contribution >= 0.6 is 0 Å². The van der Waals surface area contributed by atoms with E-state index < -0.39 is 5.60 Å². The summed E-state index contributed by atoms with van der Waals surface area (Å²) in [7, 11) is 0. The molecule has 2 saturated heterocycles. The van der Waals surface area contributed by atoms with Gasteiger partial charge in [0.15, 0.2) is 0 Å². The van der Waals surface area contributed by atoms with E-state index in [1.54, 1.807) is 0 Å². The van der Waals surface area contributed by atoms with Gasteiger partial charge in [-0.3, -0.25) is 0 Å². The fourth-order valence-electron chi connectivity index (χ4n) is 2.31. The van der Waals surface area contributed by atoms with Crippen LogP contribution in [0.3, 0.4) is 0 Å². The molecule has 0 N–H and O–H groups in total. The third-order valence-electron chi connectivity index (χ3n) is 3.19.